The highest BCUT2D eigenvalue weighted by molar-refractivity contribution is 5.96. The van der Waals surface area contributed by atoms with Crippen LogP contribution in [0.5, 0.6) is 0 Å². The Kier molecular flexibility index (Phi) is 3.67. The van der Waals surface area contributed by atoms with Crippen LogP contribution in [-0.4, -0.2) is 11.7 Å². The normalized spacial score (nSPS) is 8.67. The molecule has 0 aliphatic heterocycles. The molecule has 0 atom stereocenters. The fourth-order valence-corrected chi connectivity index (χ4v) is 0.438. The maximum absolute atomic E-state index is 10.5. The minimum absolute atomic E-state index is 0.0235. The van der Waals surface area contributed by atoms with Crippen LogP contribution in [0.1, 0.15) is 20.3 Å². The topological polar surface area (TPSA) is 46.2 Å². The predicted octanol–water partition coefficient (Wildman–Crippen LogP) is 0.263. The van der Waals surface area contributed by atoms with Crippen LogP contribution in [0.25, 0.3) is 0 Å². The summed E-state index contributed by atoms with van der Waals surface area (Å²) in [6, 6.07) is 0. The first-order chi connectivity index (χ1) is 4.16. The zero-order valence-electron chi connectivity index (χ0n) is 5.60. The Morgan fingerprint density at radius 3 is 2.44 bits per heavy atom. The van der Waals surface area contributed by atoms with E-state index in [-0.39, 0.29) is 18.1 Å². The van der Waals surface area contributed by atoms with Gasteiger partial charge >= 0.3 is 0 Å². The van der Waals surface area contributed by atoms with Gasteiger partial charge in [-0.15, -0.1) is 0 Å². The molecule has 1 N–H and O–H groups in total. The molecule has 0 spiro atoms. The Morgan fingerprint density at radius 1 is 1.56 bits per heavy atom. The van der Waals surface area contributed by atoms with E-state index in [0.717, 1.165) is 0 Å². The lowest BCUT2D eigenvalue weighted by Gasteiger charge is -1.95. The summed E-state index contributed by atoms with van der Waals surface area (Å²) in [6.07, 6.45) is -0.0235. The molecule has 0 aromatic rings. The summed E-state index contributed by atoms with van der Waals surface area (Å²) < 4.78 is 0. The summed E-state index contributed by atoms with van der Waals surface area (Å²) in [6.45, 7) is 4.58. The van der Waals surface area contributed by atoms with Crippen molar-refractivity contribution in [3.63, 3.8) is 0 Å². The van der Waals surface area contributed by atoms with Gasteiger partial charge in [-0.1, -0.05) is 0 Å². The minimum atomic E-state index is -0.245. The van der Waals surface area contributed by atoms with Crippen LogP contribution >= 0.6 is 0 Å². The van der Waals surface area contributed by atoms with Gasteiger partial charge in [0.05, 0.1) is 6.42 Å². The monoisotopic (exact) mass is 128 g/mol. The van der Waals surface area contributed by atoms with Crippen LogP contribution in [0.3, 0.4) is 0 Å². The van der Waals surface area contributed by atoms with E-state index in [1.807, 2.05) is 0 Å². The van der Waals surface area contributed by atoms with E-state index in [9.17, 15) is 9.59 Å². The third-order valence-corrected chi connectivity index (χ3v) is 0.715. The molecule has 3 nitrogen and oxygen atoms in total. The fourth-order valence-electron chi connectivity index (χ4n) is 0.438. The molecule has 0 aromatic heterocycles. The van der Waals surface area contributed by atoms with Crippen LogP contribution in [-0.2, 0) is 9.59 Å². The van der Waals surface area contributed by atoms with Crippen LogP contribution < -0.4 is 5.32 Å². The van der Waals surface area contributed by atoms with Gasteiger partial charge in [0, 0.05) is 6.54 Å². The number of ketones is 1. The van der Waals surface area contributed by atoms with Crippen LogP contribution in [0, 0.1) is 6.54 Å². The van der Waals surface area contributed by atoms with Crippen molar-refractivity contribution >= 4 is 11.7 Å². The van der Waals surface area contributed by atoms with Gasteiger partial charge in [0.25, 0.3) is 0 Å². The second-order valence-corrected chi connectivity index (χ2v) is 1.73. The zero-order valence-corrected chi connectivity index (χ0v) is 5.60. The lowest BCUT2D eigenvalue weighted by atomic mass is 10.3. The third-order valence-electron chi connectivity index (χ3n) is 0.715. The highest BCUT2D eigenvalue weighted by atomic mass is 16.2. The van der Waals surface area contributed by atoms with Crippen molar-refractivity contribution in [3.05, 3.63) is 6.54 Å². The van der Waals surface area contributed by atoms with E-state index < -0.39 is 0 Å². The summed E-state index contributed by atoms with van der Waals surface area (Å²) in [5.41, 5.74) is 0. The van der Waals surface area contributed by atoms with Gasteiger partial charge in [-0.25, -0.2) is 0 Å². The molecule has 1 radical (unpaired) electrons. The van der Waals surface area contributed by atoms with Crippen LogP contribution in [0.15, 0.2) is 0 Å². The summed E-state index contributed by atoms with van der Waals surface area (Å²) in [4.78, 5) is 20.7. The molecular weight excluding hydrogens is 118 g/mol. The number of nitrogens with one attached hydrogen (secondary N) is 1. The molecule has 0 saturated heterocycles. The maximum atomic E-state index is 10.5. The van der Waals surface area contributed by atoms with E-state index in [1.165, 1.54) is 13.5 Å². The average molecular weight is 128 g/mol. The minimum Gasteiger partial charge on any atom is -0.351 e. The molecule has 0 aliphatic rings. The summed E-state index contributed by atoms with van der Waals surface area (Å²) >= 11 is 0. The summed E-state index contributed by atoms with van der Waals surface area (Å²) in [7, 11) is 0. The van der Waals surface area contributed by atoms with Crippen molar-refractivity contribution in [2.45, 2.75) is 20.3 Å². The number of hydrogen-bond donors (Lipinski definition) is 1. The fraction of sp³-hybridized carbons (Fsp3) is 0.500. The van der Waals surface area contributed by atoms with E-state index in [4.69, 9.17) is 0 Å². The lowest BCUT2D eigenvalue weighted by molar-refractivity contribution is -0.126. The molecule has 0 aliphatic carbocycles. The van der Waals surface area contributed by atoms with Crippen molar-refractivity contribution in [1.29, 1.82) is 0 Å². The molecule has 0 unspecified atom stereocenters. The van der Waals surface area contributed by atoms with Crippen molar-refractivity contribution in [3.8, 4) is 0 Å². The number of carbonyl (C=O) groups excluding carboxylic acids is 2. The second kappa shape index (κ2) is 4.06. The van der Waals surface area contributed by atoms with Gasteiger partial charge in [0.2, 0.25) is 5.91 Å². The van der Waals surface area contributed by atoms with Gasteiger partial charge in [-0.3, -0.25) is 9.59 Å². The standard InChI is InChI=1S/C6H10NO2/c1-3-7-6(9)4-5(2)8/h3H,4H2,1-2H3,(H,7,9). The largest absolute Gasteiger partial charge is 0.351 e. The van der Waals surface area contributed by atoms with Crippen LogP contribution in [0.2, 0.25) is 0 Å². The van der Waals surface area contributed by atoms with E-state index in [0.29, 0.717) is 0 Å². The van der Waals surface area contributed by atoms with Crippen LogP contribution in [0.4, 0.5) is 0 Å². The van der Waals surface area contributed by atoms with Gasteiger partial charge in [0.15, 0.2) is 0 Å². The first kappa shape index (κ1) is 8.14. The number of rotatable bonds is 3. The average Bonchev–Trinajstić information content (AvgIpc) is 1.63. The third kappa shape index (κ3) is 5.00. The molecule has 3 heteroatoms. The number of Topliss-reactive ketones (excluding diaryl/α,β-unsaturated/α-hetero) is 1. The first-order valence-corrected chi connectivity index (χ1v) is 2.73. The number of amides is 1. The van der Waals surface area contributed by atoms with Crippen molar-refractivity contribution in [2.75, 3.05) is 0 Å². The summed E-state index contributed by atoms with van der Waals surface area (Å²) in [5.74, 6) is -0.362. The molecule has 0 rings (SSSR count). The Morgan fingerprint density at radius 2 is 2.11 bits per heavy atom. The van der Waals surface area contributed by atoms with E-state index in [1.54, 1.807) is 6.92 Å². The van der Waals surface area contributed by atoms with Crippen molar-refractivity contribution in [2.24, 2.45) is 0 Å². The van der Waals surface area contributed by atoms with Gasteiger partial charge in [0.1, 0.15) is 5.78 Å². The highest BCUT2D eigenvalue weighted by Crippen LogP contribution is 1.80. The molecule has 0 fully saturated rings. The Labute approximate surface area is 54.4 Å². The quantitative estimate of drug-likeness (QED) is 0.554. The second-order valence-electron chi connectivity index (χ2n) is 1.73. The van der Waals surface area contributed by atoms with Gasteiger partial charge < -0.3 is 5.32 Å². The molecule has 0 aromatic carbocycles. The molecule has 51 valence electrons. The van der Waals surface area contributed by atoms with E-state index >= 15 is 0 Å². The smallest absolute Gasteiger partial charge is 0.227 e. The molecular formula is C6H10NO2. The van der Waals surface area contributed by atoms with Crippen molar-refractivity contribution in [1.82, 2.24) is 5.32 Å². The Bertz CT molecular complexity index is 120. The Hall–Kier alpha value is -0.860. The molecule has 9 heavy (non-hydrogen) atoms. The lowest BCUT2D eigenvalue weighted by Crippen LogP contribution is -2.21. The van der Waals surface area contributed by atoms with Gasteiger partial charge in [-0.2, -0.15) is 0 Å². The van der Waals surface area contributed by atoms with E-state index in [2.05, 4.69) is 5.32 Å². The molecule has 1 amide bonds. The molecule has 0 bridgehead atoms. The summed E-state index contributed by atoms with van der Waals surface area (Å²) in [5, 5.41) is 2.39. The first-order valence-electron chi connectivity index (χ1n) is 2.73. The highest BCUT2D eigenvalue weighted by Gasteiger charge is 2.01. The molecule has 0 saturated carbocycles. The maximum Gasteiger partial charge on any atom is 0.227 e. The zero-order chi connectivity index (χ0) is 7.28. The SMILES string of the molecule is C[CH]NC(=O)CC(C)=O. The Balaban J connectivity index is 3.39. The number of carbonyl (C=O) groups is 2. The van der Waals surface area contributed by atoms with Gasteiger partial charge in [-0.05, 0) is 13.8 Å². The van der Waals surface area contributed by atoms with Crippen molar-refractivity contribution < 1.29 is 9.59 Å². The number of hydrogen-bond acceptors (Lipinski definition) is 2. The predicted molar refractivity (Wildman–Crippen MR) is 33.4 cm³/mol. The molecule has 0 heterocycles.